The maximum Gasteiger partial charge on any atom is 0.226 e. The summed E-state index contributed by atoms with van der Waals surface area (Å²) < 4.78 is 0. The average molecular weight is 323 g/mol. The Morgan fingerprint density at radius 2 is 2.00 bits per heavy atom. The number of aromatic nitrogens is 3. The van der Waals surface area contributed by atoms with E-state index in [4.69, 9.17) is 0 Å². The van der Waals surface area contributed by atoms with E-state index >= 15 is 0 Å². The third-order valence-electron chi connectivity index (χ3n) is 4.91. The molecule has 2 aromatic rings. The van der Waals surface area contributed by atoms with Gasteiger partial charge in [0.15, 0.2) is 5.82 Å². The fourth-order valence-electron chi connectivity index (χ4n) is 3.50. The van der Waals surface area contributed by atoms with Gasteiger partial charge in [-0.2, -0.15) is 5.10 Å². The average Bonchev–Trinajstić information content (AvgIpc) is 3.46. The van der Waals surface area contributed by atoms with Crippen LogP contribution >= 0.6 is 0 Å². The third kappa shape index (κ3) is 3.09. The standard InChI is InChI=1S/C18H21N5O/c24-18(16-12-15(16)14-4-1-6-19-13-14)23-9-3-8-22(10-11-23)17-5-2-7-20-21-17/h1-2,4-7,13,15-16H,3,8-12H2. The predicted molar refractivity (Wildman–Crippen MR) is 90.5 cm³/mol. The molecule has 2 atom stereocenters. The first kappa shape index (κ1) is 15.1. The number of carbonyl (C=O) groups excluding carboxylic acids is 1. The van der Waals surface area contributed by atoms with Gasteiger partial charge in [-0.3, -0.25) is 9.78 Å². The van der Waals surface area contributed by atoms with Crippen LogP contribution in [-0.2, 0) is 4.79 Å². The lowest BCUT2D eigenvalue weighted by Crippen LogP contribution is -2.36. The number of rotatable bonds is 3. The largest absolute Gasteiger partial charge is 0.353 e. The summed E-state index contributed by atoms with van der Waals surface area (Å²) in [6.07, 6.45) is 7.26. The van der Waals surface area contributed by atoms with Crippen molar-refractivity contribution in [2.24, 2.45) is 5.92 Å². The number of amides is 1. The first-order valence-corrected chi connectivity index (χ1v) is 8.54. The van der Waals surface area contributed by atoms with Gasteiger partial charge in [-0.25, -0.2) is 0 Å². The molecule has 0 N–H and O–H groups in total. The molecular formula is C18H21N5O. The van der Waals surface area contributed by atoms with Gasteiger partial charge in [0, 0.05) is 50.7 Å². The molecule has 4 rings (SSSR count). The SMILES string of the molecule is O=C(C1CC1c1cccnc1)N1CCCN(c2cccnn2)CC1. The van der Waals surface area contributed by atoms with E-state index in [1.54, 1.807) is 12.4 Å². The molecule has 1 saturated carbocycles. The van der Waals surface area contributed by atoms with Crippen LogP contribution in [0.15, 0.2) is 42.9 Å². The normalized spacial score (nSPS) is 23.7. The van der Waals surface area contributed by atoms with Crippen LogP contribution in [0, 0.1) is 5.92 Å². The zero-order valence-electron chi connectivity index (χ0n) is 13.6. The third-order valence-corrected chi connectivity index (χ3v) is 4.91. The highest BCUT2D eigenvalue weighted by molar-refractivity contribution is 5.83. The van der Waals surface area contributed by atoms with Crippen LogP contribution in [0.4, 0.5) is 5.82 Å². The van der Waals surface area contributed by atoms with Gasteiger partial charge in [0.2, 0.25) is 5.91 Å². The molecule has 2 unspecified atom stereocenters. The Morgan fingerprint density at radius 3 is 2.79 bits per heavy atom. The van der Waals surface area contributed by atoms with Gasteiger partial charge in [0.05, 0.1) is 0 Å². The van der Waals surface area contributed by atoms with Crippen LogP contribution in [-0.4, -0.2) is 52.2 Å². The van der Waals surface area contributed by atoms with Gasteiger partial charge in [-0.05, 0) is 42.5 Å². The second-order valence-electron chi connectivity index (χ2n) is 6.48. The Balaban J connectivity index is 1.37. The summed E-state index contributed by atoms with van der Waals surface area (Å²) in [5.41, 5.74) is 1.19. The van der Waals surface area contributed by atoms with E-state index in [2.05, 4.69) is 26.1 Å². The molecule has 6 nitrogen and oxygen atoms in total. The van der Waals surface area contributed by atoms with E-state index in [1.165, 1.54) is 5.56 Å². The van der Waals surface area contributed by atoms with Crippen LogP contribution in [0.2, 0.25) is 0 Å². The Morgan fingerprint density at radius 1 is 1.08 bits per heavy atom. The highest BCUT2D eigenvalue weighted by atomic mass is 16.2. The molecule has 124 valence electrons. The summed E-state index contributed by atoms with van der Waals surface area (Å²) in [5.74, 6) is 1.68. The number of pyridine rings is 1. The maximum atomic E-state index is 12.8. The van der Waals surface area contributed by atoms with Crippen molar-refractivity contribution in [2.75, 3.05) is 31.1 Å². The number of hydrogen-bond donors (Lipinski definition) is 0. The summed E-state index contributed by atoms with van der Waals surface area (Å²) in [4.78, 5) is 21.2. The number of anilines is 1. The minimum absolute atomic E-state index is 0.136. The summed E-state index contributed by atoms with van der Waals surface area (Å²) >= 11 is 0. The second-order valence-corrected chi connectivity index (χ2v) is 6.48. The summed E-state index contributed by atoms with van der Waals surface area (Å²) in [5, 5.41) is 8.13. The van der Waals surface area contributed by atoms with Crippen molar-refractivity contribution in [2.45, 2.75) is 18.8 Å². The van der Waals surface area contributed by atoms with Crippen molar-refractivity contribution in [1.82, 2.24) is 20.1 Å². The van der Waals surface area contributed by atoms with Gasteiger partial charge in [0.1, 0.15) is 0 Å². The number of carbonyl (C=O) groups is 1. The molecule has 2 fully saturated rings. The molecule has 24 heavy (non-hydrogen) atoms. The minimum Gasteiger partial charge on any atom is -0.353 e. The van der Waals surface area contributed by atoms with Crippen LogP contribution in [0.25, 0.3) is 0 Å². The van der Waals surface area contributed by atoms with Gasteiger partial charge >= 0.3 is 0 Å². The molecule has 1 amide bonds. The molecule has 0 radical (unpaired) electrons. The van der Waals surface area contributed by atoms with E-state index < -0.39 is 0 Å². The number of hydrogen-bond acceptors (Lipinski definition) is 5. The molecule has 2 aromatic heterocycles. The minimum atomic E-state index is 0.136. The van der Waals surface area contributed by atoms with E-state index in [-0.39, 0.29) is 5.92 Å². The van der Waals surface area contributed by atoms with Crippen molar-refractivity contribution in [1.29, 1.82) is 0 Å². The van der Waals surface area contributed by atoms with Gasteiger partial charge in [0.25, 0.3) is 0 Å². The lowest BCUT2D eigenvalue weighted by atomic mass is 10.1. The first-order valence-electron chi connectivity index (χ1n) is 8.54. The molecule has 0 spiro atoms. The first-order chi connectivity index (χ1) is 11.8. The summed E-state index contributed by atoms with van der Waals surface area (Å²) in [6.45, 7) is 3.31. The van der Waals surface area contributed by atoms with Crippen LogP contribution < -0.4 is 4.90 Å². The molecule has 1 aliphatic heterocycles. The van der Waals surface area contributed by atoms with Crippen molar-refractivity contribution < 1.29 is 4.79 Å². The monoisotopic (exact) mass is 323 g/mol. The Labute approximate surface area is 141 Å². The van der Waals surface area contributed by atoms with Gasteiger partial charge in [-0.1, -0.05) is 6.07 Å². The molecule has 2 aliphatic rings. The maximum absolute atomic E-state index is 12.8. The Hall–Kier alpha value is -2.50. The fourth-order valence-corrected chi connectivity index (χ4v) is 3.50. The zero-order valence-corrected chi connectivity index (χ0v) is 13.6. The quantitative estimate of drug-likeness (QED) is 0.860. The molecule has 1 aliphatic carbocycles. The fraction of sp³-hybridized carbons (Fsp3) is 0.444. The lowest BCUT2D eigenvalue weighted by Gasteiger charge is -2.22. The Kier molecular flexibility index (Phi) is 4.11. The second kappa shape index (κ2) is 6.55. The molecule has 6 heteroatoms. The van der Waals surface area contributed by atoms with Crippen LogP contribution in [0.1, 0.15) is 24.3 Å². The topological polar surface area (TPSA) is 62.2 Å². The zero-order chi connectivity index (χ0) is 16.4. The van der Waals surface area contributed by atoms with E-state index in [1.807, 2.05) is 29.3 Å². The van der Waals surface area contributed by atoms with Crippen LogP contribution in [0.3, 0.4) is 0 Å². The lowest BCUT2D eigenvalue weighted by molar-refractivity contribution is -0.132. The van der Waals surface area contributed by atoms with Crippen molar-refractivity contribution in [3.8, 4) is 0 Å². The van der Waals surface area contributed by atoms with Crippen molar-refractivity contribution in [3.63, 3.8) is 0 Å². The molecule has 3 heterocycles. The van der Waals surface area contributed by atoms with Crippen LogP contribution in [0.5, 0.6) is 0 Å². The summed E-state index contributed by atoms with van der Waals surface area (Å²) in [6, 6.07) is 7.89. The molecular weight excluding hydrogens is 302 g/mol. The molecule has 0 bridgehead atoms. The van der Waals surface area contributed by atoms with Crippen molar-refractivity contribution in [3.05, 3.63) is 48.4 Å². The molecule has 0 aromatic carbocycles. The van der Waals surface area contributed by atoms with E-state index in [0.29, 0.717) is 11.8 Å². The highest BCUT2D eigenvalue weighted by Gasteiger charge is 2.45. The van der Waals surface area contributed by atoms with Gasteiger partial charge in [-0.15, -0.1) is 5.10 Å². The highest BCUT2D eigenvalue weighted by Crippen LogP contribution is 2.48. The van der Waals surface area contributed by atoms with E-state index in [0.717, 1.165) is 44.8 Å². The van der Waals surface area contributed by atoms with E-state index in [9.17, 15) is 4.79 Å². The number of nitrogens with zero attached hydrogens (tertiary/aromatic N) is 5. The summed E-state index contributed by atoms with van der Waals surface area (Å²) in [7, 11) is 0. The molecule has 1 saturated heterocycles. The smallest absolute Gasteiger partial charge is 0.226 e. The Bertz CT molecular complexity index is 693. The van der Waals surface area contributed by atoms with Crippen molar-refractivity contribution >= 4 is 11.7 Å². The van der Waals surface area contributed by atoms with Gasteiger partial charge < -0.3 is 9.80 Å². The predicted octanol–water partition coefficient (Wildman–Crippen LogP) is 1.71.